The Balaban J connectivity index is 1.89. The number of hydrogen-bond acceptors (Lipinski definition) is 4. The molecule has 0 amide bonds. The summed E-state index contributed by atoms with van der Waals surface area (Å²) >= 11 is 0. The summed E-state index contributed by atoms with van der Waals surface area (Å²) in [6.07, 6.45) is 0. The number of nitrogens with one attached hydrogen (secondary N) is 1. The molecule has 0 radical (unpaired) electrons. The van der Waals surface area contributed by atoms with Crippen LogP contribution < -0.4 is 15.0 Å². The number of piperazine rings is 1. The van der Waals surface area contributed by atoms with Crippen LogP contribution in [0.2, 0.25) is 0 Å². The highest BCUT2D eigenvalue weighted by molar-refractivity contribution is 5.80. The Morgan fingerprint density at radius 3 is 2.40 bits per heavy atom. The molecule has 2 rings (SSSR count). The highest BCUT2D eigenvalue weighted by atomic mass is 16.5. The highest BCUT2D eigenvalue weighted by Gasteiger charge is 2.19. The number of hydrogen-bond donors (Lipinski definition) is 1. The summed E-state index contributed by atoms with van der Waals surface area (Å²) in [6, 6.07) is 8.32. The van der Waals surface area contributed by atoms with Gasteiger partial charge in [0.1, 0.15) is 5.75 Å². The number of methoxy groups -OCH3 is 1. The van der Waals surface area contributed by atoms with E-state index in [0.717, 1.165) is 64.1 Å². The van der Waals surface area contributed by atoms with Crippen LogP contribution in [-0.4, -0.2) is 82.3 Å². The second-order valence-electron chi connectivity index (χ2n) is 6.30. The van der Waals surface area contributed by atoms with E-state index >= 15 is 0 Å². The molecule has 1 aliphatic rings. The molecule has 0 aliphatic carbocycles. The minimum absolute atomic E-state index is 0.839. The third kappa shape index (κ3) is 5.81. The Hall–Kier alpha value is -1.95. The van der Waals surface area contributed by atoms with Gasteiger partial charge in [0.05, 0.1) is 13.7 Å². The normalized spacial score (nSPS) is 15.6. The van der Waals surface area contributed by atoms with E-state index in [4.69, 9.17) is 9.73 Å². The molecule has 0 unspecified atom stereocenters. The van der Waals surface area contributed by atoms with Crippen LogP contribution in [0.5, 0.6) is 5.75 Å². The lowest BCUT2D eigenvalue weighted by Gasteiger charge is -2.37. The van der Waals surface area contributed by atoms with Crippen LogP contribution in [0.3, 0.4) is 0 Å². The smallest absolute Gasteiger partial charge is 0.194 e. The number of ether oxygens (including phenoxy) is 1. The lowest BCUT2D eigenvalue weighted by atomic mass is 10.2. The number of benzene rings is 1. The minimum Gasteiger partial charge on any atom is -0.497 e. The zero-order valence-electron chi connectivity index (χ0n) is 16.2. The molecule has 0 spiro atoms. The summed E-state index contributed by atoms with van der Waals surface area (Å²) in [5, 5.41) is 3.44. The number of nitrogens with zero attached hydrogens (tertiary/aromatic N) is 4. The van der Waals surface area contributed by atoms with Gasteiger partial charge in [0.15, 0.2) is 5.96 Å². The molecule has 0 saturated carbocycles. The lowest BCUT2D eigenvalue weighted by Crippen LogP contribution is -2.52. The summed E-state index contributed by atoms with van der Waals surface area (Å²) in [5.41, 5.74) is 1.26. The van der Waals surface area contributed by atoms with Gasteiger partial charge in [-0.25, -0.2) is 0 Å². The fourth-order valence-corrected chi connectivity index (χ4v) is 2.88. The van der Waals surface area contributed by atoms with Gasteiger partial charge in [-0.1, -0.05) is 6.92 Å². The van der Waals surface area contributed by atoms with Crippen molar-refractivity contribution in [1.82, 2.24) is 15.1 Å². The van der Waals surface area contributed by atoms with Gasteiger partial charge in [-0.2, -0.15) is 0 Å². The fourth-order valence-electron chi connectivity index (χ4n) is 2.88. The molecule has 1 aromatic rings. The maximum absolute atomic E-state index is 5.24. The maximum atomic E-state index is 5.24. The van der Waals surface area contributed by atoms with Crippen LogP contribution in [0, 0.1) is 0 Å². The number of anilines is 1. The third-order valence-electron chi connectivity index (χ3n) is 4.63. The van der Waals surface area contributed by atoms with Crippen molar-refractivity contribution in [2.75, 3.05) is 71.4 Å². The number of aliphatic imine (C=N–C) groups is 1. The first-order chi connectivity index (χ1) is 12.2. The molecule has 25 heavy (non-hydrogen) atoms. The van der Waals surface area contributed by atoms with Gasteiger partial charge < -0.3 is 24.8 Å². The van der Waals surface area contributed by atoms with E-state index in [1.54, 1.807) is 7.11 Å². The Morgan fingerprint density at radius 1 is 1.16 bits per heavy atom. The van der Waals surface area contributed by atoms with Crippen molar-refractivity contribution in [2.24, 2.45) is 4.99 Å². The molecule has 1 heterocycles. The van der Waals surface area contributed by atoms with Gasteiger partial charge >= 0.3 is 0 Å². The van der Waals surface area contributed by atoms with Gasteiger partial charge in [0, 0.05) is 45.0 Å². The fraction of sp³-hybridized carbons (Fsp3) is 0.632. The topological polar surface area (TPSA) is 43.3 Å². The zero-order valence-corrected chi connectivity index (χ0v) is 16.2. The monoisotopic (exact) mass is 347 g/mol. The first kappa shape index (κ1) is 19.4. The van der Waals surface area contributed by atoms with Crippen LogP contribution in [0.1, 0.15) is 13.8 Å². The van der Waals surface area contributed by atoms with Crippen LogP contribution >= 0.6 is 0 Å². The highest BCUT2D eigenvalue weighted by Crippen LogP contribution is 2.20. The molecular weight excluding hydrogens is 314 g/mol. The van der Waals surface area contributed by atoms with Crippen molar-refractivity contribution in [3.05, 3.63) is 24.3 Å². The summed E-state index contributed by atoms with van der Waals surface area (Å²) in [5.74, 6) is 1.95. The number of likely N-dealkylation sites (N-methyl/N-ethyl adjacent to an activating group) is 1. The van der Waals surface area contributed by atoms with Crippen LogP contribution in [0.15, 0.2) is 29.3 Å². The molecule has 0 aromatic heterocycles. The van der Waals surface area contributed by atoms with Crippen LogP contribution in [-0.2, 0) is 0 Å². The van der Waals surface area contributed by atoms with Crippen molar-refractivity contribution >= 4 is 11.6 Å². The molecule has 0 bridgehead atoms. The SMILES string of the molecule is CCNC(=NCCN(C)CC)N1CCN(c2ccc(OC)cc2)CC1. The lowest BCUT2D eigenvalue weighted by molar-refractivity contribution is 0.355. The van der Waals surface area contributed by atoms with E-state index in [1.807, 2.05) is 12.1 Å². The molecule has 6 heteroatoms. The molecule has 1 aliphatic heterocycles. The molecule has 1 N–H and O–H groups in total. The average Bonchev–Trinajstić information content (AvgIpc) is 2.67. The Bertz CT molecular complexity index is 523. The van der Waals surface area contributed by atoms with Crippen LogP contribution in [0.4, 0.5) is 5.69 Å². The van der Waals surface area contributed by atoms with E-state index < -0.39 is 0 Å². The average molecular weight is 348 g/mol. The number of guanidine groups is 1. The van der Waals surface area contributed by atoms with Crippen molar-refractivity contribution < 1.29 is 4.74 Å². The Kier molecular flexibility index (Phi) is 7.85. The molecule has 6 nitrogen and oxygen atoms in total. The number of rotatable bonds is 7. The van der Waals surface area contributed by atoms with E-state index in [-0.39, 0.29) is 0 Å². The maximum Gasteiger partial charge on any atom is 0.194 e. The third-order valence-corrected chi connectivity index (χ3v) is 4.63. The summed E-state index contributed by atoms with van der Waals surface area (Å²) in [7, 11) is 3.84. The molecule has 140 valence electrons. The van der Waals surface area contributed by atoms with Gasteiger partial charge in [-0.15, -0.1) is 0 Å². The molecular formula is C19H33N5O. The standard InChI is InChI=1S/C19H33N5O/c1-5-20-19(21-11-12-22(3)6-2)24-15-13-23(14-16-24)17-7-9-18(25-4)10-8-17/h7-10H,5-6,11-16H2,1-4H3,(H,20,21). The van der Waals surface area contributed by atoms with Gasteiger partial charge in [0.2, 0.25) is 0 Å². The quantitative estimate of drug-likeness (QED) is 0.601. The van der Waals surface area contributed by atoms with E-state index in [1.165, 1.54) is 5.69 Å². The van der Waals surface area contributed by atoms with E-state index in [0.29, 0.717) is 0 Å². The first-order valence-electron chi connectivity index (χ1n) is 9.28. The van der Waals surface area contributed by atoms with E-state index in [2.05, 4.69) is 53.0 Å². The first-order valence-corrected chi connectivity index (χ1v) is 9.28. The van der Waals surface area contributed by atoms with Gasteiger partial charge in [0.25, 0.3) is 0 Å². The van der Waals surface area contributed by atoms with E-state index in [9.17, 15) is 0 Å². The second kappa shape index (κ2) is 10.1. The van der Waals surface area contributed by atoms with Crippen molar-refractivity contribution in [3.63, 3.8) is 0 Å². The Labute approximate surface area is 152 Å². The molecule has 0 atom stereocenters. The zero-order chi connectivity index (χ0) is 18.1. The molecule has 1 aromatic carbocycles. The predicted molar refractivity (Wildman–Crippen MR) is 106 cm³/mol. The predicted octanol–water partition coefficient (Wildman–Crippen LogP) is 1.73. The summed E-state index contributed by atoms with van der Waals surface area (Å²) < 4.78 is 5.24. The summed E-state index contributed by atoms with van der Waals surface area (Å²) in [4.78, 5) is 11.9. The van der Waals surface area contributed by atoms with Crippen molar-refractivity contribution in [2.45, 2.75) is 13.8 Å². The molecule has 1 saturated heterocycles. The van der Waals surface area contributed by atoms with Crippen molar-refractivity contribution in [1.29, 1.82) is 0 Å². The van der Waals surface area contributed by atoms with Crippen LogP contribution in [0.25, 0.3) is 0 Å². The van der Waals surface area contributed by atoms with Crippen molar-refractivity contribution in [3.8, 4) is 5.75 Å². The largest absolute Gasteiger partial charge is 0.497 e. The second-order valence-corrected chi connectivity index (χ2v) is 6.30. The summed E-state index contributed by atoms with van der Waals surface area (Å²) in [6.45, 7) is 12.1. The molecule has 1 fully saturated rings. The minimum atomic E-state index is 0.839. The van der Waals surface area contributed by atoms with Gasteiger partial charge in [-0.3, -0.25) is 4.99 Å². The van der Waals surface area contributed by atoms with Gasteiger partial charge in [-0.05, 0) is 44.8 Å². The Morgan fingerprint density at radius 2 is 1.84 bits per heavy atom.